The first-order valence-electron chi connectivity index (χ1n) is 10.2. The zero-order chi connectivity index (χ0) is 22.7. The number of imidazole rings is 1. The van der Waals surface area contributed by atoms with Gasteiger partial charge < -0.3 is 14.6 Å². The van der Waals surface area contributed by atoms with Crippen molar-refractivity contribution < 1.29 is 9.53 Å². The maximum atomic E-state index is 13.3. The van der Waals surface area contributed by atoms with Crippen molar-refractivity contribution in [1.29, 1.82) is 0 Å². The monoisotopic (exact) mass is 433 g/mol. The van der Waals surface area contributed by atoms with Gasteiger partial charge in [0.15, 0.2) is 11.2 Å². The molecule has 0 saturated carbocycles. The van der Waals surface area contributed by atoms with Crippen molar-refractivity contribution in [2.45, 2.75) is 26.6 Å². The quantitative estimate of drug-likeness (QED) is 0.481. The number of aromatic nitrogens is 4. The average molecular weight is 433 g/mol. The van der Waals surface area contributed by atoms with Gasteiger partial charge in [-0.3, -0.25) is 14.2 Å². The third-order valence-electron chi connectivity index (χ3n) is 5.16. The first-order chi connectivity index (χ1) is 15.5. The van der Waals surface area contributed by atoms with Gasteiger partial charge in [0.25, 0.3) is 5.56 Å². The number of anilines is 1. The minimum atomic E-state index is -0.589. The molecule has 32 heavy (non-hydrogen) atoms. The van der Waals surface area contributed by atoms with Crippen LogP contribution in [-0.4, -0.2) is 31.7 Å². The van der Waals surface area contributed by atoms with Crippen LogP contribution in [-0.2, 0) is 24.4 Å². The summed E-state index contributed by atoms with van der Waals surface area (Å²) in [7, 11) is 1.53. The minimum absolute atomic E-state index is 0.231. The number of carbonyl (C=O) groups excluding carboxylic acids is 1. The number of hydrogen-bond acceptors (Lipinski definition) is 5. The standard InChI is InChI=1S/C23H23N5O4/c1-3-26-15-24-21-20(26)22(30)28(23(31)27(21)13-16-8-5-4-6-9-16)14-19(29)25-17-10-7-11-18(12-17)32-2/h4-12,15H,3,13-14H2,1-2H3,(H,25,29). The molecule has 0 unspecified atom stereocenters. The number of rotatable bonds is 7. The molecule has 4 aromatic rings. The third kappa shape index (κ3) is 4.04. The largest absolute Gasteiger partial charge is 0.497 e. The van der Waals surface area contributed by atoms with Gasteiger partial charge in [-0.25, -0.2) is 14.3 Å². The van der Waals surface area contributed by atoms with Crippen LogP contribution < -0.4 is 21.3 Å². The van der Waals surface area contributed by atoms with Gasteiger partial charge in [-0.15, -0.1) is 0 Å². The maximum Gasteiger partial charge on any atom is 0.333 e. The molecule has 0 atom stereocenters. The van der Waals surface area contributed by atoms with Crippen molar-refractivity contribution in [3.63, 3.8) is 0 Å². The second kappa shape index (κ2) is 8.93. The topological polar surface area (TPSA) is 100 Å². The summed E-state index contributed by atoms with van der Waals surface area (Å²) in [6.07, 6.45) is 1.54. The number of ether oxygens (including phenoxy) is 1. The minimum Gasteiger partial charge on any atom is -0.497 e. The number of carbonyl (C=O) groups is 1. The number of methoxy groups -OCH3 is 1. The van der Waals surface area contributed by atoms with Crippen LogP contribution in [0, 0.1) is 0 Å². The van der Waals surface area contributed by atoms with E-state index < -0.39 is 23.7 Å². The van der Waals surface area contributed by atoms with Crippen molar-refractivity contribution in [2.24, 2.45) is 0 Å². The molecule has 0 aliphatic carbocycles. The van der Waals surface area contributed by atoms with Crippen LogP contribution in [0.4, 0.5) is 5.69 Å². The van der Waals surface area contributed by atoms with Crippen LogP contribution in [0.15, 0.2) is 70.5 Å². The Morgan fingerprint density at radius 3 is 2.56 bits per heavy atom. The fraction of sp³-hybridized carbons (Fsp3) is 0.217. The predicted molar refractivity (Wildman–Crippen MR) is 121 cm³/mol. The normalized spacial score (nSPS) is 10.9. The molecular formula is C23H23N5O4. The van der Waals surface area contributed by atoms with Crippen LogP contribution in [0.1, 0.15) is 12.5 Å². The Labute approximate surface area is 183 Å². The molecule has 2 aromatic carbocycles. The Morgan fingerprint density at radius 1 is 1.06 bits per heavy atom. The fourth-order valence-corrected chi connectivity index (χ4v) is 3.57. The van der Waals surface area contributed by atoms with Gasteiger partial charge in [0.1, 0.15) is 12.3 Å². The Bertz CT molecular complexity index is 1390. The van der Waals surface area contributed by atoms with Gasteiger partial charge in [-0.05, 0) is 24.6 Å². The number of nitrogens with one attached hydrogen (secondary N) is 1. The molecule has 0 aliphatic heterocycles. The molecule has 0 aliphatic rings. The zero-order valence-electron chi connectivity index (χ0n) is 17.8. The number of benzene rings is 2. The molecular weight excluding hydrogens is 410 g/mol. The number of aryl methyl sites for hydroxylation is 1. The molecule has 9 nitrogen and oxygen atoms in total. The number of hydrogen-bond donors (Lipinski definition) is 1. The molecule has 2 aromatic heterocycles. The van der Waals surface area contributed by atoms with Gasteiger partial charge in [-0.1, -0.05) is 36.4 Å². The van der Waals surface area contributed by atoms with E-state index in [1.54, 1.807) is 28.8 Å². The molecule has 1 amide bonds. The summed E-state index contributed by atoms with van der Waals surface area (Å²) in [5, 5.41) is 2.71. The average Bonchev–Trinajstić information content (AvgIpc) is 3.24. The maximum absolute atomic E-state index is 13.3. The Hall–Kier alpha value is -4.14. The molecule has 0 bridgehead atoms. The fourth-order valence-electron chi connectivity index (χ4n) is 3.57. The Kier molecular flexibility index (Phi) is 5.89. The number of nitrogens with zero attached hydrogens (tertiary/aromatic N) is 4. The smallest absolute Gasteiger partial charge is 0.333 e. The first-order valence-corrected chi connectivity index (χ1v) is 10.2. The first kappa shape index (κ1) is 21.1. The Morgan fingerprint density at radius 2 is 1.84 bits per heavy atom. The summed E-state index contributed by atoms with van der Waals surface area (Å²) in [5.74, 6) is 0.0871. The van der Waals surface area contributed by atoms with Crippen molar-refractivity contribution in [3.05, 3.63) is 87.3 Å². The summed E-state index contributed by atoms with van der Waals surface area (Å²) >= 11 is 0. The molecule has 0 spiro atoms. The summed E-state index contributed by atoms with van der Waals surface area (Å²) < 4.78 is 9.22. The Balaban J connectivity index is 1.75. The van der Waals surface area contributed by atoms with Crippen LogP contribution in [0.5, 0.6) is 5.75 Å². The highest BCUT2D eigenvalue weighted by Crippen LogP contribution is 2.16. The SMILES string of the molecule is CCn1cnc2c1c(=O)n(CC(=O)Nc1cccc(OC)c1)c(=O)n2Cc1ccccc1. The van der Waals surface area contributed by atoms with E-state index in [2.05, 4.69) is 10.3 Å². The van der Waals surface area contributed by atoms with Gasteiger partial charge in [0.05, 0.1) is 20.0 Å². The van der Waals surface area contributed by atoms with Crippen LogP contribution in [0.2, 0.25) is 0 Å². The van der Waals surface area contributed by atoms with Gasteiger partial charge in [0, 0.05) is 18.3 Å². The van der Waals surface area contributed by atoms with Crippen molar-refractivity contribution in [2.75, 3.05) is 12.4 Å². The van der Waals surface area contributed by atoms with E-state index in [9.17, 15) is 14.4 Å². The molecule has 4 rings (SSSR count). The van der Waals surface area contributed by atoms with Crippen molar-refractivity contribution >= 4 is 22.8 Å². The lowest BCUT2D eigenvalue weighted by Crippen LogP contribution is -2.43. The summed E-state index contributed by atoms with van der Waals surface area (Å²) in [4.78, 5) is 43.5. The van der Waals surface area contributed by atoms with Gasteiger partial charge >= 0.3 is 5.69 Å². The highest BCUT2D eigenvalue weighted by Gasteiger charge is 2.19. The molecule has 0 saturated heterocycles. The second-order valence-electron chi connectivity index (χ2n) is 7.23. The number of amides is 1. The molecule has 1 N–H and O–H groups in total. The highest BCUT2D eigenvalue weighted by atomic mass is 16.5. The van der Waals surface area contributed by atoms with E-state index in [-0.39, 0.29) is 12.1 Å². The highest BCUT2D eigenvalue weighted by molar-refractivity contribution is 5.90. The van der Waals surface area contributed by atoms with Crippen LogP contribution in [0.3, 0.4) is 0 Å². The molecule has 0 radical (unpaired) electrons. The molecule has 9 heteroatoms. The van der Waals surface area contributed by atoms with E-state index >= 15 is 0 Å². The molecule has 0 fully saturated rings. The third-order valence-corrected chi connectivity index (χ3v) is 5.16. The lowest BCUT2D eigenvalue weighted by atomic mass is 10.2. The van der Waals surface area contributed by atoms with E-state index in [0.29, 0.717) is 23.6 Å². The lowest BCUT2D eigenvalue weighted by Gasteiger charge is -2.13. The van der Waals surface area contributed by atoms with Gasteiger partial charge in [0.2, 0.25) is 5.91 Å². The second-order valence-corrected chi connectivity index (χ2v) is 7.23. The van der Waals surface area contributed by atoms with E-state index in [1.165, 1.54) is 18.0 Å². The zero-order valence-corrected chi connectivity index (χ0v) is 17.8. The van der Waals surface area contributed by atoms with Crippen molar-refractivity contribution in [1.82, 2.24) is 18.7 Å². The molecule has 164 valence electrons. The van der Waals surface area contributed by atoms with Gasteiger partial charge in [-0.2, -0.15) is 0 Å². The van der Waals surface area contributed by atoms with Crippen LogP contribution >= 0.6 is 0 Å². The predicted octanol–water partition coefficient (Wildman–Crippen LogP) is 2.08. The van der Waals surface area contributed by atoms with E-state index in [1.807, 2.05) is 37.3 Å². The van der Waals surface area contributed by atoms with E-state index in [4.69, 9.17) is 4.74 Å². The lowest BCUT2D eigenvalue weighted by molar-refractivity contribution is -0.116. The summed E-state index contributed by atoms with van der Waals surface area (Å²) in [6, 6.07) is 16.3. The number of fused-ring (bicyclic) bond motifs is 1. The van der Waals surface area contributed by atoms with E-state index in [0.717, 1.165) is 10.1 Å². The van der Waals surface area contributed by atoms with Crippen molar-refractivity contribution in [3.8, 4) is 5.75 Å². The van der Waals surface area contributed by atoms with Crippen LogP contribution in [0.25, 0.3) is 11.2 Å². The molecule has 2 heterocycles. The summed E-state index contributed by atoms with van der Waals surface area (Å²) in [5.41, 5.74) is 0.843. The summed E-state index contributed by atoms with van der Waals surface area (Å²) in [6.45, 7) is 2.20.